The first-order valence-electron chi connectivity index (χ1n) is 7.76. The molecule has 0 bridgehead atoms. The molecular weight excluding hydrogens is 318 g/mol. The molecule has 4 N–H and O–H groups in total. The summed E-state index contributed by atoms with van der Waals surface area (Å²) in [4.78, 5) is 11.7. The number of anilines is 1. The Morgan fingerprint density at radius 2 is 1.76 bits per heavy atom. The van der Waals surface area contributed by atoms with Crippen molar-refractivity contribution in [3.8, 4) is 28.2 Å². The number of phenolic OH excluding ortho intramolecular Hbond substituents is 1. The molecule has 1 heterocycles. The maximum Gasteiger partial charge on any atom is 0.182 e. The SMILES string of the molecule is Nc1ccc(-c2c3ccc(=O)cc-3oc3cc(O)ccc23)c(CO)c1. The van der Waals surface area contributed by atoms with Crippen molar-refractivity contribution >= 4 is 16.7 Å². The van der Waals surface area contributed by atoms with E-state index < -0.39 is 0 Å². The number of phenols is 1. The lowest BCUT2D eigenvalue weighted by atomic mass is 9.90. The first kappa shape index (κ1) is 15.2. The fraction of sp³-hybridized carbons (Fsp3) is 0.0500. The average molecular weight is 333 g/mol. The topological polar surface area (TPSA) is 96.7 Å². The van der Waals surface area contributed by atoms with Gasteiger partial charge < -0.3 is 20.4 Å². The molecule has 0 radical (unpaired) electrons. The standard InChI is InChI=1S/C20H15NO4/c21-12-1-4-15(11(7-12)10-22)20-16-5-2-13(23)8-18(16)25-19-9-14(24)3-6-17(19)20/h1-9,22-23H,10,21H2. The molecule has 5 nitrogen and oxygen atoms in total. The van der Waals surface area contributed by atoms with Crippen LogP contribution in [0.15, 0.2) is 63.8 Å². The molecule has 0 amide bonds. The number of nitrogen functional groups attached to an aromatic ring is 1. The monoisotopic (exact) mass is 333 g/mol. The molecule has 2 aliphatic rings. The van der Waals surface area contributed by atoms with Gasteiger partial charge in [-0.1, -0.05) is 6.07 Å². The zero-order valence-electron chi connectivity index (χ0n) is 13.2. The third-order valence-electron chi connectivity index (χ3n) is 4.25. The Morgan fingerprint density at radius 1 is 0.960 bits per heavy atom. The Hall–Kier alpha value is -3.31. The van der Waals surface area contributed by atoms with Crippen LogP contribution >= 0.6 is 0 Å². The smallest absolute Gasteiger partial charge is 0.182 e. The molecule has 0 aromatic heterocycles. The minimum Gasteiger partial charge on any atom is -0.508 e. The predicted octanol–water partition coefficient (Wildman–Crippen LogP) is 3.34. The highest BCUT2D eigenvalue weighted by Crippen LogP contribution is 2.42. The second kappa shape index (κ2) is 5.65. The van der Waals surface area contributed by atoms with E-state index in [0.717, 1.165) is 22.1 Å². The Balaban J connectivity index is 2.19. The lowest BCUT2D eigenvalue weighted by Crippen LogP contribution is -2.01. The third-order valence-corrected chi connectivity index (χ3v) is 4.25. The lowest BCUT2D eigenvalue weighted by Gasteiger charge is -2.17. The molecule has 2 aromatic carbocycles. The van der Waals surface area contributed by atoms with Crippen LogP contribution in [0.2, 0.25) is 0 Å². The van der Waals surface area contributed by atoms with Crippen molar-refractivity contribution in [3.05, 3.63) is 70.4 Å². The van der Waals surface area contributed by atoms with Crippen molar-refractivity contribution < 1.29 is 14.6 Å². The number of hydrogen-bond donors (Lipinski definition) is 3. The van der Waals surface area contributed by atoms with E-state index in [-0.39, 0.29) is 17.8 Å². The van der Waals surface area contributed by atoms with Crippen molar-refractivity contribution in [1.29, 1.82) is 0 Å². The molecule has 1 aliphatic heterocycles. The number of benzene rings is 3. The van der Waals surface area contributed by atoms with Gasteiger partial charge in [0.25, 0.3) is 0 Å². The van der Waals surface area contributed by atoms with Crippen LogP contribution in [0.3, 0.4) is 0 Å². The van der Waals surface area contributed by atoms with Gasteiger partial charge >= 0.3 is 0 Å². The predicted molar refractivity (Wildman–Crippen MR) is 96.5 cm³/mol. The minimum absolute atomic E-state index is 0.0690. The van der Waals surface area contributed by atoms with E-state index >= 15 is 0 Å². The lowest BCUT2D eigenvalue weighted by molar-refractivity contribution is 0.282. The first-order valence-corrected chi connectivity index (χ1v) is 7.76. The number of nitrogens with two attached hydrogens (primary N) is 1. The number of aromatic hydroxyl groups is 1. The third kappa shape index (κ3) is 2.51. The first-order chi connectivity index (χ1) is 12.1. The molecule has 4 rings (SSSR count). The highest BCUT2D eigenvalue weighted by atomic mass is 16.3. The van der Waals surface area contributed by atoms with Crippen LogP contribution < -0.4 is 11.2 Å². The second-order valence-corrected chi connectivity index (χ2v) is 5.89. The summed E-state index contributed by atoms with van der Waals surface area (Å²) in [6.07, 6.45) is 0. The number of aliphatic hydroxyl groups excluding tert-OH is 1. The van der Waals surface area contributed by atoms with E-state index in [2.05, 4.69) is 0 Å². The molecule has 0 spiro atoms. The summed E-state index contributed by atoms with van der Waals surface area (Å²) in [5, 5.41) is 20.3. The van der Waals surface area contributed by atoms with Gasteiger partial charge in [0.2, 0.25) is 0 Å². The molecular formula is C20H15NO4. The maximum atomic E-state index is 11.7. The number of rotatable bonds is 2. The fourth-order valence-electron chi connectivity index (χ4n) is 3.14. The Morgan fingerprint density at radius 3 is 2.56 bits per heavy atom. The van der Waals surface area contributed by atoms with Crippen LogP contribution in [-0.2, 0) is 6.61 Å². The van der Waals surface area contributed by atoms with Gasteiger partial charge in [-0.25, -0.2) is 0 Å². The van der Waals surface area contributed by atoms with Crippen molar-refractivity contribution in [2.75, 3.05) is 5.73 Å². The Labute approximate surface area is 142 Å². The molecule has 0 unspecified atom stereocenters. The number of aliphatic hydroxyl groups is 1. The second-order valence-electron chi connectivity index (χ2n) is 5.89. The van der Waals surface area contributed by atoms with Crippen molar-refractivity contribution in [1.82, 2.24) is 0 Å². The molecule has 25 heavy (non-hydrogen) atoms. The van der Waals surface area contributed by atoms with Gasteiger partial charge in [-0.3, -0.25) is 4.79 Å². The normalized spacial score (nSPS) is 11.2. The number of hydrogen-bond acceptors (Lipinski definition) is 5. The van der Waals surface area contributed by atoms with Gasteiger partial charge in [0.15, 0.2) is 5.43 Å². The van der Waals surface area contributed by atoms with Crippen LogP contribution in [0.4, 0.5) is 5.69 Å². The summed E-state index contributed by atoms with van der Waals surface area (Å²) in [6.45, 7) is -0.173. The van der Waals surface area contributed by atoms with Gasteiger partial charge in [0.05, 0.1) is 6.61 Å². The molecule has 1 aliphatic carbocycles. The number of fused-ring (bicyclic) bond motifs is 2. The van der Waals surface area contributed by atoms with E-state index in [4.69, 9.17) is 10.2 Å². The highest BCUT2D eigenvalue weighted by molar-refractivity contribution is 6.02. The van der Waals surface area contributed by atoms with Crippen LogP contribution in [0, 0.1) is 0 Å². The maximum absolute atomic E-state index is 11.7. The minimum atomic E-state index is -0.173. The molecule has 0 saturated heterocycles. The van der Waals surface area contributed by atoms with E-state index in [1.54, 1.807) is 30.3 Å². The highest BCUT2D eigenvalue weighted by Gasteiger charge is 2.19. The van der Waals surface area contributed by atoms with Gasteiger partial charge in [0, 0.05) is 34.3 Å². The Kier molecular flexibility index (Phi) is 3.44. The van der Waals surface area contributed by atoms with Gasteiger partial charge in [0.1, 0.15) is 17.1 Å². The molecule has 0 saturated carbocycles. The summed E-state index contributed by atoms with van der Waals surface area (Å²) in [5.74, 6) is 0.487. The van der Waals surface area contributed by atoms with E-state index in [0.29, 0.717) is 22.6 Å². The average Bonchev–Trinajstić information content (AvgIpc) is 2.59. The molecule has 0 fully saturated rings. The van der Waals surface area contributed by atoms with Crippen molar-refractivity contribution in [3.63, 3.8) is 0 Å². The molecule has 124 valence electrons. The molecule has 2 aromatic rings. The summed E-state index contributed by atoms with van der Waals surface area (Å²) in [5.41, 5.74) is 9.73. The van der Waals surface area contributed by atoms with Gasteiger partial charge in [-0.05, 0) is 47.5 Å². The zero-order valence-corrected chi connectivity index (χ0v) is 13.2. The summed E-state index contributed by atoms with van der Waals surface area (Å²) in [6, 6.07) is 14.8. The van der Waals surface area contributed by atoms with Crippen LogP contribution in [-0.4, -0.2) is 10.2 Å². The molecule has 5 heteroatoms. The summed E-state index contributed by atoms with van der Waals surface area (Å²) < 4.78 is 5.82. The largest absolute Gasteiger partial charge is 0.508 e. The van der Waals surface area contributed by atoms with Crippen LogP contribution in [0.5, 0.6) is 5.75 Å². The van der Waals surface area contributed by atoms with Crippen LogP contribution in [0.25, 0.3) is 33.4 Å². The Bertz CT molecular complexity index is 1130. The zero-order chi connectivity index (χ0) is 17.6. The summed E-state index contributed by atoms with van der Waals surface area (Å²) >= 11 is 0. The van der Waals surface area contributed by atoms with Crippen LogP contribution in [0.1, 0.15) is 5.56 Å². The summed E-state index contributed by atoms with van der Waals surface area (Å²) in [7, 11) is 0. The van der Waals surface area contributed by atoms with E-state index in [1.165, 1.54) is 18.2 Å². The van der Waals surface area contributed by atoms with Gasteiger partial charge in [-0.15, -0.1) is 0 Å². The van der Waals surface area contributed by atoms with E-state index in [1.807, 2.05) is 6.07 Å². The van der Waals surface area contributed by atoms with E-state index in [9.17, 15) is 15.0 Å². The van der Waals surface area contributed by atoms with Gasteiger partial charge in [-0.2, -0.15) is 0 Å². The fourth-order valence-corrected chi connectivity index (χ4v) is 3.14. The van der Waals surface area contributed by atoms with Crippen molar-refractivity contribution in [2.45, 2.75) is 6.61 Å². The van der Waals surface area contributed by atoms with Crippen molar-refractivity contribution in [2.24, 2.45) is 0 Å². The molecule has 0 atom stereocenters. The quantitative estimate of drug-likeness (QED) is 0.386.